The van der Waals surface area contributed by atoms with E-state index >= 15 is 0 Å². The second-order valence-electron chi connectivity index (χ2n) is 4.38. The highest BCUT2D eigenvalue weighted by molar-refractivity contribution is 9.10. The monoisotopic (exact) mass is 361 g/mol. The van der Waals surface area contributed by atoms with Gasteiger partial charge < -0.3 is 11.5 Å². The number of nitrogen functional groups attached to an aromatic ring is 2. The van der Waals surface area contributed by atoms with Crippen molar-refractivity contribution in [2.75, 3.05) is 11.5 Å². The molecule has 0 aliphatic carbocycles. The molecule has 0 saturated heterocycles. The number of rotatable bonds is 1. The van der Waals surface area contributed by atoms with Gasteiger partial charge in [0.05, 0.1) is 17.4 Å². The molecular formula is C14H9BrClN5. The van der Waals surface area contributed by atoms with Crippen LogP contribution in [0.4, 0.5) is 11.5 Å². The minimum absolute atomic E-state index is 0.270. The van der Waals surface area contributed by atoms with Crippen molar-refractivity contribution in [3.63, 3.8) is 0 Å². The van der Waals surface area contributed by atoms with Gasteiger partial charge in [0, 0.05) is 16.1 Å². The molecule has 7 heteroatoms. The molecule has 2 heterocycles. The molecule has 0 unspecified atom stereocenters. The van der Waals surface area contributed by atoms with Crippen LogP contribution in [0.25, 0.3) is 16.8 Å². The molecule has 1 aromatic carbocycles. The van der Waals surface area contributed by atoms with Gasteiger partial charge in [0.25, 0.3) is 0 Å². The van der Waals surface area contributed by atoms with Crippen LogP contribution in [0, 0.1) is 11.3 Å². The zero-order chi connectivity index (χ0) is 15.1. The van der Waals surface area contributed by atoms with Crippen LogP contribution in [-0.4, -0.2) is 9.38 Å². The topological polar surface area (TPSA) is 93.1 Å². The minimum Gasteiger partial charge on any atom is -0.395 e. The first-order valence-corrected chi connectivity index (χ1v) is 7.12. The molecule has 0 spiro atoms. The van der Waals surface area contributed by atoms with E-state index in [-0.39, 0.29) is 11.3 Å². The van der Waals surface area contributed by atoms with Gasteiger partial charge in [0.1, 0.15) is 16.5 Å². The molecule has 3 aromatic rings. The molecule has 2 aromatic heterocycles. The Morgan fingerprint density at radius 1 is 1.29 bits per heavy atom. The molecule has 104 valence electrons. The van der Waals surface area contributed by atoms with Crippen molar-refractivity contribution >= 4 is 44.7 Å². The average molecular weight is 363 g/mol. The van der Waals surface area contributed by atoms with Crippen LogP contribution in [0.15, 0.2) is 35.1 Å². The first-order chi connectivity index (χ1) is 10.1. The second-order valence-corrected chi connectivity index (χ2v) is 5.60. The van der Waals surface area contributed by atoms with Crippen molar-refractivity contribution in [3.8, 4) is 17.2 Å². The third-order valence-corrected chi connectivity index (χ3v) is 4.12. The zero-order valence-electron chi connectivity index (χ0n) is 10.6. The Hall–Kier alpha value is -2.23. The van der Waals surface area contributed by atoms with Gasteiger partial charge in [-0.25, -0.2) is 4.98 Å². The van der Waals surface area contributed by atoms with Crippen LogP contribution in [0.2, 0.25) is 5.02 Å². The van der Waals surface area contributed by atoms with Crippen LogP contribution in [0.3, 0.4) is 0 Å². The molecule has 5 nitrogen and oxygen atoms in total. The maximum absolute atomic E-state index is 9.46. The van der Waals surface area contributed by atoms with E-state index in [9.17, 15) is 5.26 Å². The Morgan fingerprint density at radius 3 is 2.67 bits per heavy atom. The minimum atomic E-state index is 0.270. The molecular weight excluding hydrogens is 354 g/mol. The molecule has 3 rings (SSSR count). The lowest BCUT2D eigenvalue weighted by Crippen LogP contribution is -2.07. The van der Waals surface area contributed by atoms with E-state index < -0.39 is 0 Å². The van der Waals surface area contributed by atoms with Gasteiger partial charge in [-0.05, 0) is 22.0 Å². The summed E-state index contributed by atoms with van der Waals surface area (Å²) in [6.45, 7) is 0. The lowest BCUT2D eigenvalue weighted by atomic mass is 10.00. The van der Waals surface area contributed by atoms with Crippen molar-refractivity contribution in [2.24, 2.45) is 0 Å². The lowest BCUT2D eigenvalue weighted by Gasteiger charge is -2.14. The SMILES string of the molecule is N#Cc1c(-c2ccccc2Cl)c(N)n2c(Br)cnc2c1N. The summed E-state index contributed by atoms with van der Waals surface area (Å²) in [5, 5.41) is 9.96. The van der Waals surface area contributed by atoms with Crippen LogP contribution in [-0.2, 0) is 0 Å². The maximum Gasteiger partial charge on any atom is 0.164 e. The van der Waals surface area contributed by atoms with Gasteiger partial charge in [0.15, 0.2) is 5.65 Å². The number of nitriles is 1. The van der Waals surface area contributed by atoms with Gasteiger partial charge in [-0.2, -0.15) is 5.26 Å². The summed E-state index contributed by atoms with van der Waals surface area (Å²) >= 11 is 9.61. The standard InChI is InChI=1S/C14H9BrClN5/c15-10-6-20-14-12(18)8(5-17)11(13(19)21(10)14)7-3-1-2-4-9(7)16/h1-4,6H,18-19H2. The molecule has 0 fully saturated rings. The third kappa shape index (κ3) is 1.94. The quantitative estimate of drug-likeness (QED) is 0.693. The molecule has 0 bridgehead atoms. The summed E-state index contributed by atoms with van der Waals surface area (Å²) in [5.41, 5.74) is 14.5. The zero-order valence-corrected chi connectivity index (χ0v) is 13.0. The fraction of sp³-hybridized carbons (Fsp3) is 0. The number of aromatic nitrogens is 2. The molecule has 0 atom stereocenters. The van der Waals surface area contributed by atoms with E-state index in [4.69, 9.17) is 23.1 Å². The molecule has 4 N–H and O–H groups in total. The van der Waals surface area contributed by atoms with Crippen LogP contribution < -0.4 is 11.5 Å². The fourth-order valence-electron chi connectivity index (χ4n) is 2.29. The van der Waals surface area contributed by atoms with Crippen molar-refractivity contribution in [1.82, 2.24) is 9.38 Å². The van der Waals surface area contributed by atoms with Crippen molar-refractivity contribution < 1.29 is 0 Å². The Labute approximate surface area is 133 Å². The highest BCUT2D eigenvalue weighted by Gasteiger charge is 2.21. The Bertz CT molecular complexity index is 910. The largest absolute Gasteiger partial charge is 0.395 e. The van der Waals surface area contributed by atoms with E-state index in [1.807, 2.05) is 12.1 Å². The molecule has 0 saturated carbocycles. The third-order valence-electron chi connectivity index (χ3n) is 3.23. The average Bonchev–Trinajstić information content (AvgIpc) is 2.86. The normalized spacial score (nSPS) is 10.7. The summed E-state index contributed by atoms with van der Waals surface area (Å²) in [4.78, 5) is 4.17. The number of imidazole rings is 1. The lowest BCUT2D eigenvalue weighted by molar-refractivity contribution is 1.17. The summed E-state index contributed by atoms with van der Waals surface area (Å²) in [6, 6.07) is 9.27. The highest BCUT2D eigenvalue weighted by atomic mass is 79.9. The molecule has 0 aliphatic heterocycles. The smallest absolute Gasteiger partial charge is 0.164 e. The number of benzene rings is 1. The predicted octanol–water partition coefficient (Wildman–Crippen LogP) is 3.45. The van der Waals surface area contributed by atoms with E-state index in [0.29, 0.717) is 32.2 Å². The Morgan fingerprint density at radius 2 is 2.00 bits per heavy atom. The van der Waals surface area contributed by atoms with Gasteiger partial charge in [-0.15, -0.1) is 0 Å². The second kappa shape index (κ2) is 4.95. The Balaban J connectivity index is 2.53. The van der Waals surface area contributed by atoms with Crippen LogP contribution >= 0.6 is 27.5 Å². The summed E-state index contributed by atoms with van der Waals surface area (Å²) in [5.74, 6) is 0.355. The van der Waals surface area contributed by atoms with E-state index in [1.54, 1.807) is 22.7 Å². The number of fused-ring (bicyclic) bond motifs is 1. The summed E-state index contributed by atoms with van der Waals surface area (Å²) in [6.07, 6.45) is 1.58. The van der Waals surface area contributed by atoms with E-state index in [1.165, 1.54) is 0 Å². The number of nitrogens with zero attached hydrogens (tertiary/aromatic N) is 3. The highest BCUT2D eigenvalue weighted by Crippen LogP contribution is 2.39. The number of pyridine rings is 1. The van der Waals surface area contributed by atoms with Crippen molar-refractivity contribution in [3.05, 3.63) is 45.7 Å². The molecule has 0 aliphatic rings. The van der Waals surface area contributed by atoms with Gasteiger partial charge in [0.2, 0.25) is 0 Å². The molecule has 0 radical (unpaired) electrons. The van der Waals surface area contributed by atoms with Crippen LogP contribution in [0.1, 0.15) is 5.56 Å². The van der Waals surface area contributed by atoms with Crippen molar-refractivity contribution in [2.45, 2.75) is 0 Å². The van der Waals surface area contributed by atoms with Gasteiger partial charge in [-0.3, -0.25) is 4.40 Å². The number of hydrogen-bond donors (Lipinski definition) is 2. The number of hydrogen-bond acceptors (Lipinski definition) is 4. The molecule has 21 heavy (non-hydrogen) atoms. The first kappa shape index (κ1) is 13.7. The van der Waals surface area contributed by atoms with Crippen LogP contribution in [0.5, 0.6) is 0 Å². The van der Waals surface area contributed by atoms with Crippen molar-refractivity contribution in [1.29, 1.82) is 5.26 Å². The summed E-state index contributed by atoms with van der Waals surface area (Å²) < 4.78 is 2.30. The fourth-order valence-corrected chi connectivity index (χ4v) is 2.98. The number of halogens is 2. The van der Waals surface area contributed by atoms with Gasteiger partial charge >= 0.3 is 0 Å². The Kier molecular flexibility index (Phi) is 3.24. The number of nitrogens with two attached hydrogens (primary N) is 2. The van der Waals surface area contributed by atoms with Gasteiger partial charge in [-0.1, -0.05) is 29.8 Å². The van der Waals surface area contributed by atoms with E-state index in [0.717, 1.165) is 0 Å². The summed E-state index contributed by atoms with van der Waals surface area (Å²) in [7, 11) is 0. The van der Waals surface area contributed by atoms with E-state index in [2.05, 4.69) is 27.0 Å². The molecule has 0 amide bonds. The maximum atomic E-state index is 9.46. The first-order valence-electron chi connectivity index (χ1n) is 5.95. The predicted molar refractivity (Wildman–Crippen MR) is 86.9 cm³/mol. The number of anilines is 2.